The summed E-state index contributed by atoms with van der Waals surface area (Å²) in [5.74, 6) is 0.872. The number of carbonyl (C=O) groups is 1. The van der Waals surface area contributed by atoms with E-state index in [0.29, 0.717) is 6.54 Å². The largest absolute Gasteiger partial charge is 0.337 e. The van der Waals surface area contributed by atoms with Gasteiger partial charge >= 0.3 is 6.03 Å². The first-order valence-electron chi connectivity index (χ1n) is 6.90. The molecule has 1 N–H and O–H groups in total. The van der Waals surface area contributed by atoms with Crippen LogP contribution in [0.4, 0.5) is 4.79 Å². The zero-order valence-corrected chi connectivity index (χ0v) is 13.9. The molecule has 21 heavy (non-hydrogen) atoms. The van der Waals surface area contributed by atoms with Crippen molar-refractivity contribution in [2.75, 3.05) is 19.3 Å². The summed E-state index contributed by atoms with van der Waals surface area (Å²) in [4.78, 5) is 16.3. The minimum absolute atomic E-state index is 0.0236. The summed E-state index contributed by atoms with van der Waals surface area (Å²) in [5, 5.41) is 5.00. The van der Waals surface area contributed by atoms with Gasteiger partial charge in [-0.25, -0.2) is 4.79 Å². The Balaban J connectivity index is 1.72. The average Bonchev–Trinajstić information content (AvgIpc) is 3.05. The normalized spacial score (nSPS) is 11.9. The Morgan fingerprint density at radius 2 is 2.05 bits per heavy atom. The predicted octanol–water partition coefficient (Wildman–Crippen LogP) is 4.24. The summed E-state index contributed by atoms with van der Waals surface area (Å²) in [6.45, 7) is 2.71. The maximum atomic E-state index is 12.1. The van der Waals surface area contributed by atoms with Crippen molar-refractivity contribution in [1.29, 1.82) is 0 Å². The van der Waals surface area contributed by atoms with E-state index in [1.165, 1.54) is 9.77 Å². The van der Waals surface area contributed by atoms with E-state index in [2.05, 4.69) is 23.5 Å². The molecule has 0 saturated carbocycles. The van der Waals surface area contributed by atoms with Gasteiger partial charge in [0.15, 0.2) is 0 Å². The lowest BCUT2D eigenvalue weighted by Gasteiger charge is -2.24. The van der Waals surface area contributed by atoms with E-state index < -0.39 is 0 Å². The zero-order valence-electron chi connectivity index (χ0n) is 12.3. The highest BCUT2D eigenvalue weighted by Gasteiger charge is 2.17. The van der Waals surface area contributed by atoms with Crippen LogP contribution in [0.5, 0.6) is 0 Å². The molecule has 0 fully saturated rings. The molecule has 0 aliphatic heterocycles. The maximum absolute atomic E-state index is 12.1. The van der Waals surface area contributed by atoms with Crippen LogP contribution >= 0.6 is 23.1 Å². The highest BCUT2D eigenvalue weighted by atomic mass is 32.2. The third kappa shape index (κ3) is 4.79. The lowest BCUT2D eigenvalue weighted by Crippen LogP contribution is -2.39. The van der Waals surface area contributed by atoms with Crippen LogP contribution in [0.25, 0.3) is 0 Å². The number of hydrogen-bond donors (Lipinski definition) is 1. The molecule has 1 unspecified atom stereocenters. The van der Waals surface area contributed by atoms with Crippen molar-refractivity contribution in [2.24, 2.45) is 0 Å². The Hall–Kier alpha value is -1.46. The molecule has 0 spiro atoms. The van der Waals surface area contributed by atoms with Gasteiger partial charge in [0.1, 0.15) is 0 Å². The molecule has 2 amide bonds. The Bertz CT molecular complexity index is 543. The number of carbonyl (C=O) groups excluding carboxylic acids is 1. The topological polar surface area (TPSA) is 32.3 Å². The molecule has 1 heterocycles. The van der Waals surface area contributed by atoms with Crippen LogP contribution in [0.2, 0.25) is 0 Å². The first-order chi connectivity index (χ1) is 10.2. The van der Waals surface area contributed by atoms with Crippen LogP contribution in [0.15, 0.2) is 52.7 Å². The number of amides is 2. The molecule has 5 heteroatoms. The molecule has 1 aromatic carbocycles. The molecule has 3 nitrogen and oxygen atoms in total. The molecular weight excluding hydrogens is 300 g/mol. The predicted molar refractivity (Wildman–Crippen MR) is 91.1 cm³/mol. The van der Waals surface area contributed by atoms with Gasteiger partial charge in [-0.05, 0) is 30.5 Å². The number of urea groups is 1. The standard InChI is InChI=1S/C16H20N2OS2/c1-13(15-9-6-11-21-15)18(2)16(19)17-10-12-20-14-7-4-3-5-8-14/h3-9,11,13H,10,12H2,1-2H3,(H,17,19). The van der Waals surface area contributed by atoms with Crippen LogP contribution in [0.1, 0.15) is 17.8 Å². The Morgan fingerprint density at radius 1 is 1.29 bits per heavy atom. The lowest BCUT2D eigenvalue weighted by molar-refractivity contribution is 0.196. The van der Waals surface area contributed by atoms with Crippen LogP contribution in [-0.2, 0) is 0 Å². The number of benzene rings is 1. The third-order valence-corrected chi connectivity index (χ3v) is 5.30. The molecule has 0 saturated heterocycles. The molecule has 112 valence electrons. The van der Waals surface area contributed by atoms with Crippen molar-refractivity contribution in [3.63, 3.8) is 0 Å². The third-order valence-electron chi connectivity index (χ3n) is 3.25. The van der Waals surface area contributed by atoms with Crippen molar-refractivity contribution >= 4 is 29.1 Å². The summed E-state index contributed by atoms with van der Waals surface area (Å²) in [6, 6.07) is 14.4. The molecule has 0 radical (unpaired) electrons. The first kappa shape index (κ1) is 15.9. The van der Waals surface area contributed by atoms with Crippen molar-refractivity contribution in [2.45, 2.75) is 17.9 Å². The number of thiophene rings is 1. The number of hydrogen-bond acceptors (Lipinski definition) is 3. The quantitative estimate of drug-likeness (QED) is 0.638. The van der Waals surface area contributed by atoms with Crippen LogP contribution in [-0.4, -0.2) is 30.3 Å². The van der Waals surface area contributed by atoms with Gasteiger partial charge in [-0.1, -0.05) is 24.3 Å². The van der Waals surface area contributed by atoms with E-state index in [0.717, 1.165) is 5.75 Å². The Morgan fingerprint density at radius 3 is 2.71 bits per heavy atom. The maximum Gasteiger partial charge on any atom is 0.317 e. The molecule has 2 aromatic rings. The van der Waals surface area contributed by atoms with E-state index in [4.69, 9.17) is 0 Å². The van der Waals surface area contributed by atoms with Gasteiger partial charge in [0.25, 0.3) is 0 Å². The minimum atomic E-state index is -0.0236. The second-order valence-corrected chi connectivity index (χ2v) is 6.84. The molecular formula is C16H20N2OS2. The highest BCUT2D eigenvalue weighted by Crippen LogP contribution is 2.23. The van der Waals surface area contributed by atoms with Gasteiger partial charge in [0, 0.05) is 29.1 Å². The second-order valence-electron chi connectivity index (χ2n) is 4.70. The second kappa shape index (κ2) is 8.10. The van der Waals surface area contributed by atoms with E-state index in [1.807, 2.05) is 43.6 Å². The van der Waals surface area contributed by atoms with E-state index in [1.54, 1.807) is 28.0 Å². The number of nitrogens with zero attached hydrogens (tertiary/aromatic N) is 1. The van der Waals surface area contributed by atoms with Crippen molar-refractivity contribution < 1.29 is 4.79 Å². The van der Waals surface area contributed by atoms with Crippen molar-refractivity contribution in [3.8, 4) is 0 Å². The fraction of sp³-hybridized carbons (Fsp3) is 0.312. The van der Waals surface area contributed by atoms with Gasteiger partial charge in [0.2, 0.25) is 0 Å². The van der Waals surface area contributed by atoms with Crippen molar-refractivity contribution in [1.82, 2.24) is 10.2 Å². The van der Waals surface area contributed by atoms with Crippen LogP contribution in [0, 0.1) is 0 Å². The first-order valence-corrected chi connectivity index (χ1v) is 8.77. The summed E-state index contributed by atoms with van der Waals surface area (Å²) in [7, 11) is 1.84. The molecule has 0 aliphatic carbocycles. The smallest absolute Gasteiger partial charge is 0.317 e. The monoisotopic (exact) mass is 320 g/mol. The highest BCUT2D eigenvalue weighted by molar-refractivity contribution is 7.99. The summed E-state index contributed by atoms with van der Waals surface area (Å²) in [5.41, 5.74) is 0. The summed E-state index contributed by atoms with van der Waals surface area (Å²) < 4.78 is 0. The average molecular weight is 320 g/mol. The Labute approximate surface area is 134 Å². The van der Waals surface area contributed by atoms with Gasteiger partial charge in [-0.15, -0.1) is 23.1 Å². The SMILES string of the molecule is CC(c1cccs1)N(C)C(=O)NCCSc1ccccc1. The van der Waals surface area contributed by atoms with Crippen molar-refractivity contribution in [3.05, 3.63) is 52.7 Å². The van der Waals surface area contributed by atoms with Gasteiger partial charge in [-0.2, -0.15) is 0 Å². The van der Waals surface area contributed by atoms with E-state index in [-0.39, 0.29) is 12.1 Å². The fourth-order valence-electron chi connectivity index (χ4n) is 1.86. The van der Waals surface area contributed by atoms with Gasteiger partial charge in [0.05, 0.1) is 6.04 Å². The molecule has 1 atom stereocenters. The zero-order chi connectivity index (χ0) is 15.1. The number of thioether (sulfide) groups is 1. The van der Waals surface area contributed by atoms with E-state index in [9.17, 15) is 4.79 Å². The fourth-order valence-corrected chi connectivity index (χ4v) is 3.48. The van der Waals surface area contributed by atoms with Crippen LogP contribution < -0.4 is 5.32 Å². The van der Waals surface area contributed by atoms with Crippen LogP contribution in [0.3, 0.4) is 0 Å². The number of nitrogens with one attached hydrogen (secondary N) is 1. The van der Waals surface area contributed by atoms with E-state index >= 15 is 0 Å². The Kier molecular flexibility index (Phi) is 6.14. The molecule has 0 aliphatic rings. The minimum Gasteiger partial charge on any atom is -0.337 e. The molecule has 1 aromatic heterocycles. The molecule has 2 rings (SSSR count). The molecule has 0 bridgehead atoms. The number of rotatable bonds is 6. The summed E-state index contributed by atoms with van der Waals surface area (Å²) >= 11 is 3.43. The van der Waals surface area contributed by atoms with Gasteiger partial charge in [-0.3, -0.25) is 0 Å². The van der Waals surface area contributed by atoms with Gasteiger partial charge < -0.3 is 10.2 Å². The summed E-state index contributed by atoms with van der Waals surface area (Å²) in [6.07, 6.45) is 0. The lowest BCUT2D eigenvalue weighted by atomic mass is 10.2.